The van der Waals surface area contributed by atoms with Gasteiger partial charge in [-0.05, 0) is 50.3 Å². The Labute approximate surface area is 155 Å². The summed E-state index contributed by atoms with van der Waals surface area (Å²) in [7, 11) is 0. The number of anilines is 2. The summed E-state index contributed by atoms with van der Waals surface area (Å²) in [5.74, 6) is -0.610. The largest absolute Gasteiger partial charge is 0.332 e. The molecule has 0 saturated heterocycles. The molecule has 2 aromatic carbocycles. The van der Waals surface area contributed by atoms with E-state index in [1.165, 1.54) is 18.2 Å². The van der Waals surface area contributed by atoms with Gasteiger partial charge in [0.25, 0.3) is 0 Å². The van der Waals surface area contributed by atoms with Crippen molar-refractivity contribution in [2.45, 2.75) is 20.4 Å². The van der Waals surface area contributed by atoms with Crippen molar-refractivity contribution >= 4 is 28.7 Å². The summed E-state index contributed by atoms with van der Waals surface area (Å²) in [5.41, 5.74) is 3.42. The summed E-state index contributed by atoms with van der Waals surface area (Å²) >= 11 is 5.30. The smallest absolute Gasteiger partial charge is 0.175 e. The Balaban J connectivity index is 1.75. The molecule has 0 saturated carbocycles. The van der Waals surface area contributed by atoms with Gasteiger partial charge in [-0.1, -0.05) is 24.3 Å². The third-order valence-corrected chi connectivity index (χ3v) is 4.18. The van der Waals surface area contributed by atoms with E-state index in [0.29, 0.717) is 22.9 Å². The second-order valence-electron chi connectivity index (χ2n) is 5.88. The first-order valence-corrected chi connectivity index (χ1v) is 8.46. The van der Waals surface area contributed by atoms with E-state index in [1.54, 1.807) is 35.0 Å². The van der Waals surface area contributed by atoms with Crippen molar-refractivity contribution in [1.82, 2.24) is 9.78 Å². The summed E-state index contributed by atoms with van der Waals surface area (Å²) in [4.78, 5) is 0. The molecule has 0 unspecified atom stereocenters. The lowest BCUT2D eigenvalue weighted by Crippen LogP contribution is -2.20. The average Bonchev–Trinajstić information content (AvgIpc) is 2.84. The highest BCUT2D eigenvalue weighted by Crippen LogP contribution is 2.21. The van der Waals surface area contributed by atoms with Crippen LogP contribution < -0.4 is 10.6 Å². The highest BCUT2D eigenvalue weighted by atomic mass is 32.1. The van der Waals surface area contributed by atoms with Gasteiger partial charge in [0.05, 0.1) is 23.6 Å². The first kappa shape index (κ1) is 18.0. The standard InChI is InChI=1S/C19H18F2N4S/c1-12-18(23-19(26)22-16-8-5-7-15(20)10-16)13(2)25(24-12)11-14-6-3-4-9-17(14)21/h3-10H,11H2,1-2H3,(H2,22,23,26). The lowest BCUT2D eigenvalue weighted by atomic mass is 10.2. The number of halogens is 2. The van der Waals surface area contributed by atoms with Crippen molar-refractivity contribution in [3.8, 4) is 0 Å². The van der Waals surface area contributed by atoms with Crippen LogP contribution >= 0.6 is 12.2 Å². The van der Waals surface area contributed by atoms with E-state index in [2.05, 4.69) is 15.7 Å². The van der Waals surface area contributed by atoms with Crippen molar-refractivity contribution in [2.24, 2.45) is 0 Å². The number of hydrogen-bond donors (Lipinski definition) is 2. The summed E-state index contributed by atoms with van der Waals surface area (Å²) in [6.07, 6.45) is 0. The van der Waals surface area contributed by atoms with Gasteiger partial charge >= 0.3 is 0 Å². The van der Waals surface area contributed by atoms with E-state index < -0.39 is 0 Å². The number of aryl methyl sites for hydroxylation is 1. The number of nitrogens with one attached hydrogen (secondary N) is 2. The van der Waals surface area contributed by atoms with Gasteiger partial charge in [-0.2, -0.15) is 5.10 Å². The monoisotopic (exact) mass is 372 g/mol. The van der Waals surface area contributed by atoms with Gasteiger partial charge in [-0.15, -0.1) is 0 Å². The van der Waals surface area contributed by atoms with Crippen LogP contribution in [0.4, 0.5) is 20.2 Å². The summed E-state index contributed by atoms with van der Waals surface area (Å²) in [5, 5.41) is 10.8. The van der Waals surface area contributed by atoms with E-state index >= 15 is 0 Å². The van der Waals surface area contributed by atoms with Gasteiger partial charge in [0.2, 0.25) is 0 Å². The highest BCUT2D eigenvalue weighted by molar-refractivity contribution is 7.80. The van der Waals surface area contributed by atoms with E-state index in [4.69, 9.17) is 12.2 Å². The predicted molar refractivity (Wildman–Crippen MR) is 103 cm³/mol. The molecule has 0 amide bonds. The van der Waals surface area contributed by atoms with Crippen LogP contribution in [0, 0.1) is 25.5 Å². The maximum Gasteiger partial charge on any atom is 0.175 e. The molecule has 0 spiro atoms. The Morgan fingerprint density at radius 1 is 1.08 bits per heavy atom. The van der Waals surface area contributed by atoms with Crippen LogP contribution in [0.15, 0.2) is 48.5 Å². The fourth-order valence-corrected chi connectivity index (χ4v) is 2.88. The molecule has 3 rings (SSSR count). The molecule has 0 bridgehead atoms. The molecule has 4 nitrogen and oxygen atoms in total. The molecular weight excluding hydrogens is 354 g/mol. The zero-order chi connectivity index (χ0) is 18.7. The van der Waals surface area contributed by atoms with Crippen LogP contribution in [0.25, 0.3) is 0 Å². The quantitative estimate of drug-likeness (QED) is 0.655. The van der Waals surface area contributed by atoms with Crippen LogP contribution in [0.5, 0.6) is 0 Å². The molecule has 0 atom stereocenters. The molecule has 0 fully saturated rings. The molecule has 0 aliphatic heterocycles. The minimum Gasteiger partial charge on any atom is -0.332 e. The molecule has 2 N–H and O–H groups in total. The lowest BCUT2D eigenvalue weighted by Gasteiger charge is -2.11. The SMILES string of the molecule is Cc1nn(Cc2ccccc2F)c(C)c1NC(=S)Nc1cccc(F)c1. The molecule has 3 aromatic rings. The molecule has 0 aliphatic rings. The van der Waals surface area contributed by atoms with Gasteiger partial charge < -0.3 is 10.6 Å². The van der Waals surface area contributed by atoms with Crippen molar-refractivity contribution < 1.29 is 8.78 Å². The second kappa shape index (κ2) is 7.61. The van der Waals surface area contributed by atoms with Gasteiger partial charge in [0, 0.05) is 11.3 Å². The van der Waals surface area contributed by atoms with Crippen LogP contribution in [0.3, 0.4) is 0 Å². The van der Waals surface area contributed by atoms with Gasteiger partial charge in [0.15, 0.2) is 5.11 Å². The van der Waals surface area contributed by atoms with Crippen LogP contribution in [0.2, 0.25) is 0 Å². The summed E-state index contributed by atoms with van der Waals surface area (Å²) < 4.78 is 28.9. The summed E-state index contributed by atoms with van der Waals surface area (Å²) in [6.45, 7) is 4.05. The topological polar surface area (TPSA) is 41.9 Å². The van der Waals surface area contributed by atoms with Crippen LogP contribution in [0.1, 0.15) is 17.0 Å². The molecule has 26 heavy (non-hydrogen) atoms. The van der Waals surface area contributed by atoms with E-state index in [9.17, 15) is 8.78 Å². The number of nitrogens with zero attached hydrogens (tertiary/aromatic N) is 2. The molecule has 134 valence electrons. The fraction of sp³-hybridized carbons (Fsp3) is 0.158. The van der Waals surface area contributed by atoms with Crippen molar-refractivity contribution in [1.29, 1.82) is 0 Å². The number of benzene rings is 2. The van der Waals surface area contributed by atoms with Gasteiger partial charge in [-0.3, -0.25) is 4.68 Å². The normalized spacial score (nSPS) is 10.6. The molecule has 1 heterocycles. The number of thiocarbonyl (C=S) groups is 1. The molecule has 0 radical (unpaired) electrons. The van der Waals surface area contributed by atoms with Crippen LogP contribution in [-0.2, 0) is 6.54 Å². The number of aromatic nitrogens is 2. The van der Waals surface area contributed by atoms with E-state index in [-0.39, 0.29) is 11.6 Å². The minimum absolute atomic E-state index is 0.266. The number of hydrogen-bond acceptors (Lipinski definition) is 2. The Hall–Kier alpha value is -2.80. The van der Waals surface area contributed by atoms with Gasteiger partial charge in [0.1, 0.15) is 11.6 Å². The Morgan fingerprint density at radius 3 is 2.58 bits per heavy atom. The maximum atomic E-state index is 13.9. The maximum absolute atomic E-state index is 13.9. The lowest BCUT2D eigenvalue weighted by molar-refractivity contribution is 0.579. The number of rotatable bonds is 4. The third-order valence-electron chi connectivity index (χ3n) is 3.98. The van der Waals surface area contributed by atoms with Crippen molar-refractivity contribution in [3.63, 3.8) is 0 Å². The molecule has 7 heteroatoms. The zero-order valence-corrected chi connectivity index (χ0v) is 15.2. The Morgan fingerprint density at radius 2 is 1.85 bits per heavy atom. The van der Waals surface area contributed by atoms with Crippen molar-refractivity contribution in [3.05, 3.63) is 77.1 Å². The molecule has 1 aromatic heterocycles. The first-order valence-electron chi connectivity index (χ1n) is 8.05. The highest BCUT2D eigenvalue weighted by Gasteiger charge is 2.14. The minimum atomic E-state index is -0.345. The molecular formula is C19H18F2N4S. The zero-order valence-electron chi connectivity index (χ0n) is 14.4. The van der Waals surface area contributed by atoms with Crippen molar-refractivity contribution in [2.75, 3.05) is 10.6 Å². The fourth-order valence-electron chi connectivity index (χ4n) is 2.66. The summed E-state index contributed by atoms with van der Waals surface area (Å²) in [6, 6.07) is 12.7. The Bertz CT molecular complexity index is 952. The van der Waals surface area contributed by atoms with E-state index in [1.807, 2.05) is 13.8 Å². The molecule has 0 aliphatic carbocycles. The Kier molecular flexibility index (Phi) is 5.27. The van der Waals surface area contributed by atoms with Gasteiger partial charge in [-0.25, -0.2) is 8.78 Å². The average molecular weight is 372 g/mol. The van der Waals surface area contributed by atoms with Crippen LogP contribution in [-0.4, -0.2) is 14.9 Å². The second-order valence-corrected chi connectivity index (χ2v) is 6.29. The van der Waals surface area contributed by atoms with E-state index in [0.717, 1.165) is 17.1 Å². The first-order chi connectivity index (χ1) is 12.4. The predicted octanol–water partition coefficient (Wildman–Crippen LogP) is 4.64. The third kappa shape index (κ3) is 4.05.